The van der Waals surface area contributed by atoms with E-state index >= 15 is 0 Å². The number of hydrogen-bond acceptors (Lipinski definition) is 4. The first kappa shape index (κ1) is 18.8. The molecule has 0 saturated heterocycles. The van der Waals surface area contributed by atoms with E-state index in [2.05, 4.69) is 31.9 Å². The number of nitrogens with zero attached hydrogens (tertiary/aromatic N) is 2. The van der Waals surface area contributed by atoms with Crippen LogP contribution < -0.4 is 0 Å². The summed E-state index contributed by atoms with van der Waals surface area (Å²) in [6, 6.07) is 8.84. The van der Waals surface area contributed by atoms with Crippen LogP contribution in [-0.4, -0.2) is 9.85 Å². The largest absolute Gasteiger partial charge is 0.284 e. The highest BCUT2D eigenvalue weighted by Gasteiger charge is 2.11. The molecule has 0 fully saturated rings. The smallest absolute Gasteiger partial charge is 0.258 e. The number of nitro groups is 2. The summed E-state index contributed by atoms with van der Waals surface area (Å²) in [5.41, 5.74) is -0.0324. The van der Waals surface area contributed by atoms with Crippen LogP contribution in [0.5, 0.6) is 0 Å². The Morgan fingerprint density at radius 1 is 0.773 bits per heavy atom. The van der Waals surface area contributed by atoms with E-state index in [4.69, 9.17) is 23.2 Å². The Labute approximate surface area is 151 Å². The SMILES string of the molecule is O=[N+]([O-])c1cc(Cl)ccc1Br.O=[N+]([O-])c1cc(Cl)ccc1Br. The van der Waals surface area contributed by atoms with Crippen molar-refractivity contribution in [2.24, 2.45) is 0 Å². The number of nitro benzene ring substituents is 2. The van der Waals surface area contributed by atoms with E-state index in [1.165, 1.54) is 12.1 Å². The van der Waals surface area contributed by atoms with Crippen LogP contribution in [0.4, 0.5) is 11.4 Å². The summed E-state index contributed by atoms with van der Waals surface area (Å²) >= 11 is 17.1. The molecule has 0 heterocycles. The lowest BCUT2D eigenvalue weighted by molar-refractivity contribution is -0.385. The molecule has 0 N–H and O–H groups in total. The van der Waals surface area contributed by atoms with Crippen LogP contribution in [0.3, 0.4) is 0 Å². The van der Waals surface area contributed by atoms with Crippen molar-refractivity contribution in [3.63, 3.8) is 0 Å². The van der Waals surface area contributed by atoms with Crippen molar-refractivity contribution in [1.29, 1.82) is 0 Å². The maximum absolute atomic E-state index is 10.3. The minimum atomic E-state index is -0.490. The first-order valence-corrected chi connectivity index (χ1v) is 7.75. The summed E-state index contributed by atoms with van der Waals surface area (Å²) in [5, 5.41) is 21.3. The van der Waals surface area contributed by atoms with Gasteiger partial charge in [-0.25, -0.2) is 0 Å². The Bertz CT molecular complexity index is 667. The van der Waals surface area contributed by atoms with Crippen molar-refractivity contribution < 1.29 is 9.85 Å². The summed E-state index contributed by atoms with van der Waals surface area (Å²) < 4.78 is 0.874. The molecule has 0 aliphatic heterocycles. The number of hydrogen-bond donors (Lipinski definition) is 0. The van der Waals surface area contributed by atoms with Gasteiger partial charge in [-0.15, -0.1) is 0 Å². The number of rotatable bonds is 2. The molecule has 0 amide bonds. The third-order valence-electron chi connectivity index (χ3n) is 2.21. The highest BCUT2D eigenvalue weighted by atomic mass is 79.9. The molecule has 0 spiro atoms. The van der Waals surface area contributed by atoms with Crippen molar-refractivity contribution in [2.45, 2.75) is 0 Å². The lowest BCUT2D eigenvalue weighted by Gasteiger charge is -1.94. The molecule has 2 rings (SSSR count). The van der Waals surface area contributed by atoms with Gasteiger partial charge in [0.2, 0.25) is 0 Å². The Balaban J connectivity index is 0.000000220. The summed E-state index contributed by atoms with van der Waals surface area (Å²) in [7, 11) is 0. The monoisotopic (exact) mass is 470 g/mol. The molecular formula is C12H6Br2Cl2N2O4. The van der Waals surface area contributed by atoms with Crippen LogP contribution in [0.15, 0.2) is 45.3 Å². The fourth-order valence-electron chi connectivity index (χ4n) is 1.25. The zero-order valence-corrected chi connectivity index (χ0v) is 15.2. The van der Waals surface area contributed by atoms with E-state index in [9.17, 15) is 20.2 Å². The van der Waals surface area contributed by atoms with Crippen LogP contribution in [-0.2, 0) is 0 Å². The van der Waals surface area contributed by atoms with Gasteiger partial charge in [-0.1, -0.05) is 23.2 Å². The summed E-state index contributed by atoms with van der Waals surface area (Å²) in [5.74, 6) is 0. The molecule has 10 heteroatoms. The van der Waals surface area contributed by atoms with Crippen molar-refractivity contribution >= 4 is 66.4 Å². The second-order valence-electron chi connectivity index (χ2n) is 3.71. The van der Waals surface area contributed by atoms with Crippen LogP contribution in [0, 0.1) is 20.2 Å². The van der Waals surface area contributed by atoms with Gasteiger partial charge in [-0.3, -0.25) is 20.2 Å². The van der Waals surface area contributed by atoms with E-state index in [1.807, 2.05) is 0 Å². The van der Waals surface area contributed by atoms with Crippen LogP contribution in [0.2, 0.25) is 10.0 Å². The molecule has 0 saturated carbocycles. The van der Waals surface area contributed by atoms with Crippen LogP contribution >= 0.6 is 55.1 Å². The molecule has 0 aromatic heterocycles. The van der Waals surface area contributed by atoms with Crippen molar-refractivity contribution in [1.82, 2.24) is 0 Å². The van der Waals surface area contributed by atoms with Crippen molar-refractivity contribution in [2.75, 3.05) is 0 Å². The number of halogens is 4. The Morgan fingerprint density at radius 3 is 1.32 bits per heavy atom. The van der Waals surface area contributed by atoms with Gasteiger partial charge in [0.1, 0.15) is 0 Å². The van der Waals surface area contributed by atoms with E-state index in [1.54, 1.807) is 24.3 Å². The van der Waals surface area contributed by atoms with Gasteiger partial charge in [-0.2, -0.15) is 0 Å². The maximum Gasteiger partial charge on any atom is 0.284 e. The first-order chi connectivity index (χ1) is 10.2. The maximum atomic E-state index is 10.3. The molecule has 2 aromatic carbocycles. The zero-order valence-electron chi connectivity index (χ0n) is 10.5. The molecule has 0 aliphatic carbocycles. The standard InChI is InChI=1S/2C6H3BrClNO2/c2*7-5-2-1-4(8)3-6(5)9(10)11/h2*1-3H. The van der Waals surface area contributed by atoms with E-state index in [0.717, 1.165) is 0 Å². The highest BCUT2D eigenvalue weighted by Crippen LogP contribution is 2.28. The topological polar surface area (TPSA) is 86.3 Å². The Kier molecular flexibility index (Phi) is 7.21. The molecule has 0 aliphatic rings. The third-order valence-corrected chi connectivity index (χ3v) is 4.02. The quantitative estimate of drug-likeness (QED) is 0.395. The van der Waals surface area contributed by atoms with E-state index in [-0.39, 0.29) is 11.4 Å². The lowest BCUT2D eigenvalue weighted by atomic mass is 10.3. The summed E-state index contributed by atoms with van der Waals surface area (Å²) in [6.45, 7) is 0. The van der Waals surface area contributed by atoms with Gasteiger partial charge in [0.05, 0.1) is 18.8 Å². The summed E-state index contributed by atoms with van der Waals surface area (Å²) in [4.78, 5) is 19.6. The average molecular weight is 473 g/mol. The van der Waals surface area contributed by atoms with Gasteiger partial charge >= 0.3 is 0 Å². The summed E-state index contributed by atoms with van der Waals surface area (Å²) in [6.07, 6.45) is 0. The van der Waals surface area contributed by atoms with Gasteiger partial charge in [0, 0.05) is 22.2 Å². The van der Waals surface area contributed by atoms with Crippen LogP contribution in [0.1, 0.15) is 0 Å². The molecule has 0 atom stereocenters. The Hall–Kier alpha value is -1.22. The van der Waals surface area contributed by atoms with Crippen LogP contribution in [0.25, 0.3) is 0 Å². The van der Waals surface area contributed by atoms with E-state index < -0.39 is 9.85 Å². The molecule has 6 nitrogen and oxygen atoms in total. The van der Waals surface area contributed by atoms with Gasteiger partial charge in [0.25, 0.3) is 11.4 Å². The predicted octanol–water partition coefficient (Wildman–Crippen LogP) is 6.02. The predicted molar refractivity (Wildman–Crippen MR) is 91.6 cm³/mol. The van der Waals surface area contributed by atoms with Gasteiger partial charge in [-0.05, 0) is 56.1 Å². The highest BCUT2D eigenvalue weighted by molar-refractivity contribution is 9.11. The second-order valence-corrected chi connectivity index (χ2v) is 6.29. The van der Waals surface area contributed by atoms with Crippen molar-refractivity contribution in [3.05, 3.63) is 75.6 Å². The Morgan fingerprint density at radius 2 is 1.09 bits per heavy atom. The molecule has 116 valence electrons. The normalized spacial score (nSPS) is 9.64. The lowest BCUT2D eigenvalue weighted by Crippen LogP contribution is -1.88. The molecule has 22 heavy (non-hydrogen) atoms. The average Bonchev–Trinajstić information content (AvgIpc) is 2.44. The molecule has 0 unspecified atom stereocenters. The molecule has 0 bridgehead atoms. The fourth-order valence-corrected chi connectivity index (χ4v) is 2.37. The molecule has 2 aromatic rings. The minimum absolute atomic E-state index is 0.0162. The third kappa shape index (κ3) is 5.53. The van der Waals surface area contributed by atoms with Gasteiger partial charge in [0.15, 0.2) is 0 Å². The van der Waals surface area contributed by atoms with Gasteiger partial charge < -0.3 is 0 Å². The first-order valence-electron chi connectivity index (χ1n) is 5.41. The van der Waals surface area contributed by atoms with E-state index in [0.29, 0.717) is 19.0 Å². The van der Waals surface area contributed by atoms with Crippen molar-refractivity contribution in [3.8, 4) is 0 Å². The number of benzene rings is 2. The fraction of sp³-hybridized carbons (Fsp3) is 0. The second kappa shape index (κ2) is 8.42. The minimum Gasteiger partial charge on any atom is -0.258 e. The molecule has 0 radical (unpaired) electrons. The zero-order chi connectivity index (χ0) is 16.9. The molecular weight excluding hydrogens is 467 g/mol.